The SMILES string of the molecule is COc1cccc(CN(C)CCC(=O)N2CCNCC2)c1.Cl. The number of benzene rings is 1. The summed E-state index contributed by atoms with van der Waals surface area (Å²) < 4.78 is 5.23. The molecule has 5 nitrogen and oxygen atoms in total. The minimum atomic E-state index is 0. The second kappa shape index (κ2) is 9.66. The van der Waals surface area contributed by atoms with E-state index in [9.17, 15) is 4.79 Å². The van der Waals surface area contributed by atoms with Gasteiger partial charge in [-0.2, -0.15) is 0 Å². The van der Waals surface area contributed by atoms with Gasteiger partial charge in [0, 0.05) is 45.7 Å². The quantitative estimate of drug-likeness (QED) is 0.857. The fourth-order valence-corrected chi connectivity index (χ4v) is 2.52. The molecule has 1 aliphatic rings. The Morgan fingerprint density at radius 1 is 1.36 bits per heavy atom. The van der Waals surface area contributed by atoms with Crippen LogP contribution in [0.15, 0.2) is 24.3 Å². The van der Waals surface area contributed by atoms with Crippen LogP contribution in [0.4, 0.5) is 0 Å². The van der Waals surface area contributed by atoms with Crippen LogP contribution in [0.1, 0.15) is 12.0 Å². The van der Waals surface area contributed by atoms with E-state index in [1.54, 1.807) is 7.11 Å². The molecule has 6 heteroatoms. The van der Waals surface area contributed by atoms with Gasteiger partial charge in [0.2, 0.25) is 5.91 Å². The van der Waals surface area contributed by atoms with Crippen molar-refractivity contribution in [2.45, 2.75) is 13.0 Å². The van der Waals surface area contributed by atoms with Crippen LogP contribution in [0.2, 0.25) is 0 Å². The molecule has 0 unspecified atom stereocenters. The zero-order valence-electron chi connectivity index (χ0n) is 13.4. The summed E-state index contributed by atoms with van der Waals surface area (Å²) in [6.45, 7) is 5.08. The predicted octanol–water partition coefficient (Wildman–Crippen LogP) is 1.37. The Kier molecular flexibility index (Phi) is 8.24. The first kappa shape index (κ1) is 18.7. The summed E-state index contributed by atoms with van der Waals surface area (Å²) in [6.07, 6.45) is 0.584. The average Bonchev–Trinajstić information content (AvgIpc) is 2.53. The molecule has 0 aromatic heterocycles. The van der Waals surface area contributed by atoms with Gasteiger partial charge >= 0.3 is 0 Å². The number of nitrogens with zero attached hydrogens (tertiary/aromatic N) is 2. The van der Waals surface area contributed by atoms with Gasteiger partial charge in [-0.15, -0.1) is 12.4 Å². The van der Waals surface area contributed by atoms with E-state index in [0.717, 1.165) is 45.0 Å². The van der Waals surface area contributed by atoms with Gasteiger partial charge in [-0.25, -0.2) is 0 Å². The van der Waals surface area contributed by atoms with Gasteiger partial charge < -0.3 is 19.9 Å². The van der Waals surface area contributed by atoms with Crippen molar-refractivity contribution in [1.82, 2.24) is 15.1 Å². The summed E-state index contributed by atoms with van der Waals surface area (Å²) in [7, 11) is 3.72. The normalized spacial score (nSPS) is 14.6. The molecule has 0 spiro atoms. The number of rotatable bonds is 6. The summed E-state index contributed by atoms with van der Waals surface area (Å²) in [5.41, 5.74) is 1.20. The van der Waals surface area contributed by atoms with Crippen LogP contribution in [0.5, 0.6) is 5.75 Å². The Labute approximate surface area is 139 Å². The molecule has 1 saturated heterocycles. The highest BCUT2D eigenvalue weighted by molar-refractivity contribution is 5.85. The third-order valence-electron chi connectivity index (χ3n) is 3.76. The first-order chi connectivity index (χ1) is 10.2. The third kappa shape index (κ3) is 5.83. The number of carbonyl (C=O) groups is 1. The van der Waals surface area contributed by atoms with Crippen LogP contribution in [-0.4, -0.2) is 62.6 Å². The molecule has 2 rings (SSSR count). The highest BCUT2D eigenvalue weighted by Crippen LogP contribution is 2.14. The van der Waals surface area contributed by atoms with E-state index in [1.807, 2.05) is 30.1 Å². The van der Waals surface area contributed by atoms with Gasteiger partial charge in [0.25, 0.3) is 0 Å². The molecule has 0 radical (unpaired) electrons. The summed E-state index contributed by atoms with van der Waals surface area (Å²) in [6, 6.07) is 8.05. The average molecular weight is 328 g/mol. The van der Waals surface area contributed by atoms with Crippen LogP contribution in [0.3, 0.4) is 0 Å². The number of piperazine rings is 1. The van der Waals surface area contributed by atoms with Crippen LogP contribution < -0.4 is 10.1 Å². The molecular weight excluding hydrogens is 302 g/mol. The smallest absolute Gasteiger partial charge is 0.223 e. The first-order valence-corrected chi connectivity index (χ1v) is 7.49. The summed E-state index contributed by atoms with van der Waals surface area (Å²) in [5.74, 6) is 1.13. The minimum absolute atomic E-state index is 0. The second-order valence-corrected chi connectivity index (χ2v) is 5.47. The lowest BCUT2D eigenvalue weighted by Gasteiger charge is -2.28. The first-order valence-electron chi connectivity index (χ1n) is 7.49. The number of ether oxygens (including phenoxy) is 1. The summed E-state index contributed by atoms with van der Waals surface area (Å²) in [4.78, 5) is 16.2. The van der Waals surface area contributed by atoms with Crippen molar-refractivity contribution in [2.24, 2.45) is 0 Å². The third-order valence-corrected chi connectivity index (χ3v) is 3.76. The molecule has 1 fully saturated rings. The molecular formula is C16H26ClN3O2. The van der Waals surface area contributed by atoms with Gasteiger partial charge in [0.15, 0.2) is 0 Å². The fourth-order valence-electron chi connectivity index (χ4n) is 2.52. The molecule has 124 valence electrons. The number of hydrogen-bond donors (Lipinski definition) is 1. The molecule has 1 heterocycles. The molecule has 0 atom stereocenters. The predicted molar refractivity (Wildman–Crippen MR) is 90.6 cm³/mol. The van der Waals surface area contributed by atoms with Crippen LogP contribution >= 0.6 is 12.4 Å². The fraction of sp³-hybridized carbons (Fsp3) is 0.562. The number of carbonyl (C=O) groups excluding carboxylic acids is 1. The Morgan fingerprint density at radius 2 is 2.09 bits per heavy atom. The number of methoxy groups -OCH3 is 1. The van der Waals surface area contributed by atoms with E-state index >= 15 is 0 Å². The maximum atomic E-state index is 12.1. The van der Waals surface area contributed by atoms with Crippen LogP contribution in [-0.2, 0) is 11.3 Å². The van der Waals surface area contributed by atoms with Crippen molar-refractivity contribution in [3.63, 3.8) is 0 Å². The van der Waals surface area contributed by atoms with E-state index < -0.39 is 0 Å². The number of amides is 1. The van der Waals surface area contributed by atoms with Gasteiger partial charge in [-0.1, -0.05) is 12.1 Å². The molecule has 0 saturated carbocycles. The van der Waals surface area contributed by atoms with Crippen molar-refractivity contribution >= 4 is 18.3 Å². The van der Waals surface area contributed by atoms with E-state index in [0.29, 0.717) is 6.42 Å². The van der Waals surface area contributed by atoms with E-state index in [2.05, 4.69) is 16.3 Å². The van der Waals surface area contributed by atoms with Crippen molar-refractivity contribution in [1.29, 1.82) is 0 Å². The maximum absolute atomic E-state index is 12.1. The Balaban J connectivity index is 0.00000242. The van der Waals surface area contributed by atoms with Crippen molar-refractivity contribution in [3.8, 4) is 5.75 Å². The van der Waals surface area contributed by atoms with Crippen LogP contribution in [0, 0.1) is 0 Å². The van der Waals surface area contributed by atoms with Crippen molar-refractivity contribution in [3.05, 3.63) is 29.8 Å². The molecule has 1 N–H and O–H groups in total. The van der Waals surface area contributed by atoms with Crippen molar-refractivity contribution in [2.75, 3.05) is 46.9 Å². The van der Waals surface area contributed by atoms with Gasteiger partial charge in [-0.05, 0) is 24.7 Å². The lowest BCUT2D eigenvalue weighted by molar-refractivity contribution is -0.132. The molecule has 22 heavy (non-hydrogen) atoms. The topological polar surface area (TPSA) is 44.8 Å². The second-order valence-electron chi connectivity index (χ2n) is 5.47. The molecule has 1 aliphatic heterocycles. The van der Waals surface area contributed by atoms with E-state index in [-0.39, 0.29) is 18.3 Å². The molecule has 0 bridgehead atoms. The largest absolute Gasteiger partial charge is 0.497 e. The monoisotopic (exact) mass is 327 g/mol. The Bertz CT molecular complexity index is 464. The summed E-state index contributed by atoms with van der Waals surface area (Å²) in [5, 5.41) is 3.26. The molecule has 1 aromatic carbocycles. The maximum Gasteiger partial charge on any atom is 0.223 e. The zero-order valence-corrected chi connectivity index (χ0v) is 14.2. The van der Waals surface area contributed by atoms with Gasteiger partial charge in [-0.3, -0.25) is 4.79 Å². The highest BCUT2D eigenvalue weighted by Gasteiger charge is 2.16. The number of hydrogen-bond acceptors (Lipinski definition) is 4. The lowest BCUT2D eigenvalue weighted by Crippen LogP contribution is -2.47. The lowest BCUT2D eigenvalue weighted by atomic mass is 10.2. The van der Waals surface area contributed by atoms with E-state index in [4.69, 9.17) is 4.74 Å². The van der Waals surface area contributed by atoms with Gasteiger partial charge in [0.05, 0.1) is 7.11 Å². The van der Waals surface area contributed by atoms with Crippen molar-refractivity contribution < 1.29 is 9.53 Å². The van der Waals surface area contributed by atoms with Crippen LogP contribution in [0.25, 0.3) is 0 Å². The van der Waals surface area contributed by atoms with Gasteiger partial charge in [0.1, 0.15) is 5.75 Å². The van der Waals surface area contributed by atoms with E-state index in [1.165, 1.54) is 5.56 Å². The molecule has 1 amide bonds. The molecule has 1 aromatic rings. The zero-order chi connectivity index (χ0) is 15.1. The number of halogens is 1. The summed E-state index contributed by atoms with van der Waals surface area (Å²) >= 11 is 0. The Hall–Kier alpha value is -1.30. The Morgan fingerprint density at radius 3 is 2.77 bits per heavy atom. The minimum Gasteiger partial charge on any atom is -0.497 e. The highest BCUT2D eigenvalue weighted by atomic mass is 35.5. The number of nitrogens with one attached hydrogen (secondary N) is 1. The standard InChI is InChI=1S/C16H25N3O2.ClH/c1-18(13-14-4-3-5-15(12-14)21-2)9-6-16(20)19-10-7-17-8-11-19;/h3-5,12,17H,6-11,13H2,1-2H3;1H. The molecule has 0 aliphatic carbocycles.